The highest BCUT2D eigenvalue weighted by Gasteiger charge is 2.76. The molecule has 2 aromatic rings. The van der Waals surface area contributed by atoms with Gasteiger partial charge in [0.2, 0.25) is 5.91 Å². The largest absolute Gasteiger partial charge is 0.460 e. The molecule has 1 heterocycles. The Morgan fingerprint density at radius 2 is 1.55 bits per heavy atom. The number of aliphatic hydroxyl groups is 3. The molecule has 2 saturated carbocycles. The maximum Gasteiger partial charge on any atom is 0.338 e. The van der Waals surface area contributed by atoms with Gasteiger partial charge in [0.15, 0.2) is 17.5 Å². The lowest BCUT2D eigenvalue weighted by molar-refractivity contribution is -0.348. The van der Waals surface area contributed by atoms with Crippen LogP contribution < -0.4 is 5.32 Å². The van der Waals surface area contributed by atoms with Crippen LogP contribution in [0, 0.1) is 22.7 Å². The first-order valence-corrected chi connectivity index (χ1v) is 20.0. The molecule has 0 bridgehead atoms. The summed E-state index contributed by atoms with van der Waals surface area (Å²) in [4.78, 5) is 68.0. The van der Waals surface area contributed by atoms with E-state index < -0.39 is 113 Å². The molecule has 11 atom stereocenters. The maximum atomic E-state index is 14.8. The fraction of sp³-hybridized carbons (Fsp3) is 0.614. The summed E-state index contributed by atoms with van der Waals surface area (Å²) in [6.45, 7) is 14.5. The van der Waals surface area contributed by atoms with Gasteiger partial charge in [0, 0.05) is 39.2 Å². The number of fused-ring (bicyclic) bond motifs is 3. The van der Waals surface area contributed by atoms with E-state index in [1.807, 2.05) is 13.8 Å². The highest BCUT2D eigenvalue weighted by atomic mass is 16.6. The molecule has 2 aromatic carbocycles. The number of hydrogen-bond donors (Lipinski definition) is 4. The second-order valence-corrected chi connectivity index (χ2v) is 16.6. The second-order valence-electron chi connectivity index (χ2n) is 16.6. The third kappa shape index (κ3) is 8.72. The first kappa shape index (κ1) is 46.5. The highest BCUT2D eigenvalue weighted by molar-refractivity contribution is 5.92. The third-order valence-corrected chi connectivity index (χ3v) is 12.3. The van der Waals surface area contributed by atoms with Gasteiger partial charge in [-0.1, -0.05) is 90.1 Å². The van der Waals surface area contributed by atoms with E-state index in [4.69, 9.17) is 23.7 Å². The molecule has 0 unspecified atom stereocenters. The first-order chi connectivity index (χ1) is 27.2. The number of Topliss-reactive ketones (excluding diaryl/α,β-unsaturated/α-hetero) is 1. The number of rotatable bonds is 12. The number of methoxy groups -OCH3 is 1. The summed E-state index contributed by atoms with van der Waals surface area (Å²) < 4.78 is 30.2. The van der Waals surface area contributed by atoms with E-state index in [0.29, 0.717) is 5.56 Å². The van der Waals surface area contributed by atoms with Crippen molar-refractivity contribution in [2.24, 2.45) is 22.7 Å². The van der Waals surface area contributed by atoms with Crippen LogP contribution in [-0.2, 0) is 42.9 Å². The molecule has 0 spiro atoms. The van der Waals surface area contributed by atoms with Crippen LogP contribution in [0.1, 0.15) is 104 Å². The van der Waals surface area contributed by atoms with Crippen molar-refractivity contribution in [3.05, 3.63) is 71.8 Å². The summed E-state index contributed by atoms with van der Waals surface area (Å²) in [6, 6.07) is 15.2. The predicted molar refractivity (Wildman–Crippen MR) is 211 cm³/mol. The molecule has 1 amide bonds. The Hall–Kier alpha value is -4.21. The van der Waals surface area contributed by atoms with Crippen molar-refractivity contribution in [3.63, 3.8) is 0 Å². The van der Waals surface area contributed by atoms with Gasteiger partial charge in [-0.3, -0.25) is 14.4 Å². The average molecular weight is 812 g/mol. The first-order valence-electron chi connectivity index (χ1n) is 20.0. The number of aliphatic hydroxyl groups excluding tert-OH is 2. The van der Waals surface area contributed by atoms with Gasteiger partial charge in [-0.2, -0.15) is 0 Å². The summed E-state index contributed by atoms with van der Waals surface area (Å²) in [7, 11) is 1.34. The van der Waals surface area contributed by atoms with Crippen molar-refractivity contribution in [3.8, 4) is 0 Å². The van der Waals surface area contributed by atoms with Crippen LogP contribution >= 0.6 is 0 Å². The molecule has 1 saturated heterocycles. The van der Waals surface area contributed by atoms with Crippen LogP contribution in [0.3, 0.4) is 0 Å². The molecule has 5 rings (SSSR count). The Bertz CT molecular complexity index is 1770. The van der Waals surface area contributed by atoms with Crippen molar-refractivity contribution < 1.29 is 63.0 Å². The number of benzene rings is 2. The zero-order valence-corrected chi connectivity index (χ0v) is 35.2. The molecule has 0 aromatic heterocycles. The molecular formula is C44H61NO13. The zero-order chi connectivity index (χ0) is 43.4. The van der Waals surface area contributed by atoms with Crippen molar-refractivity contribution in [1.82, 2.24) is 5.32 Å². The minimum Gasteiger partial charge on any atom is -0.460 e. The van der Waals surface area contributed by atoms with Crippen LogP contribution in [0.25, 0.3) is 0 Å². The minimum absolute atomic E-state index is 0.107. The third-order valence-electron chi connectivity index (χ3n) is 12.3. The van der Waals surface area contributed by atoms with Crippen molar-refractivity contribution in [1.29, 1.82) is 0 Å². The summed E-state index contributed by atoms with van der Waals surface area (Å²) >= 11 is 0. The molecule has 0 radical (unpaired) electrons. The number of carbonyl (C=O) groups excluding carboxylic acids is 5. The molecule has 2 aliphatic carbocycles. The normalized spacial score (nSPS) is 31.5. The van der Waals surface area contributed by atoms with Gasteiger partial charge in [-0.05, 0) is 37.0 Å². The van der Waals surface area contributed by atoms with Crippen molar-refractivity contribution in [2.45, 2.75) is 135 Å². The predicted octanol–water partition coefficient (Wildman–Crippen LogP) is 4.27. The van der Waals surface area contributed by atoms with Gasteiger partial charge in [0.1, 0.15) is 30.0 Å². The Balaban J connectivity index is 0.00000366. The molecule has 14 nitrogen and oxygen atoms in total. The highest BCUT2D eigenvalue weighted by Crippen LogP contribution is 2.62. The van der Waals surface area contributed by atoms with Gasteiger partial charge in [0.05, 0.1) is 35.6 Å². The van der Waals surface area contributed by atoms with E-state index in [2.05, 4.69) is 5.32 Å². The molecule has 3 aliphatic rings. The summed E-state index contributed by atoms with van der Waals surface area (Å²) in [5.41, 5.74) is -6.56. The summed E-state index contributed by atoms with van der Waals surface area (Å²) in [5.74, 6) is -5.66. The average Bonchev–Trinajstić information content (AvgIpc) is 3.18. The Kier molecular flexibility index (Phi) is 14.7. The van der Waals surface area contributed by atoms with E-state index >= 15 is 0 Å². The number of carbonyl (C=O) groups is 5. The summed E-state index contributed by atoms with van der Waals surface area (Å²) in [5, 5.41) is 39.6. The SMILES string of the molecule is CC.CO[C@@H]1CC(C)(C)[C@@](O)(C[C@H](OC(=O)[C@H](O)[C@@H](NC(C)=O)c2ccccc2)C(C)C)[C@@H](OC(=O)c2ccccc2)[C@@H]2[C@]3(OC(C)=O)CO[C@@H]3C[C@H](O)[C@@]2(C)C1=O. The van der Waals surface area contributed by atoms with Gasteiger partial charge in [0.25, 0.3) is 0 Å². The van der Waals surface area contributed by atoms with Crippen LogP contribution in [0.4, 0.5) is 0 Å². The molecule has 1 aliphatic heterocycles. The van der Waals surface area contributed by atoms with Crippen LogP contribution in [0.15, 0.2) is 60.7 Å². The fourth-order valence-corrected chi connectivity index (χ4v) is 8.95. The molecule has 4 N–H and O–H groups in total. The molecule has 58 heavy (non-hydrogen) atoms. The van der Waals surface area contributed by atoms with E-state index in [1.165, 1.54) is 40.0 Å². The fourth-order valence-electron chi connectivity index (χ4n) is 8.95. The molecule has 14 heteroatoms. The van der Waals surface area contributed by atoms with Crippen LogP contribution in [-0.4, -0.2) is 106 Å². The maximum absolute atomic E-state index is 14.8. The number of esters is 3. The lowest BCUT2D eigenvalue weighted by atomic mass is 9.46. The molecule has 3 fully saturated rings. The quantitative estimate of drug-likeness (QED) is 0.175. The van der Waals surface area contributed by atoms with Crippen LogP contribution in [0.2, 0.25) is 0 Å². The smallest absolute Gasteiger partial charge is 0.338 e. The van der Waals surface area contributed by atoms with Crippen molar-refractivity contribution in [2.75, 3.05) is 13.7 Å². The number of hydrogen-bond acceptors (Lipinski definition) is 13. The van der Waals surface area contributed by atoms with E-state index in [0.717, 1.165) is 0 Å². The zero-order valence-electron chi connectivity index (χ0n) is 35.2. The van der Waals surface area contributed by atoms with Gasteiger partial charge in [-0.25, -0.2) is 9.59 Å². The van der Waals surface area contributed by atoms with Crippen molar-refractivity contribution >= 4 is 29.6 Å². The van der Waals surface area contributed by atoms with E-state index in [-0.39, 0.29) is 25.0 Å². The molecular weight excluding hydrogens is 750 g/mol. The number of amides is 1. The van der Waals surface area contributed by atoms with Gasteiger partial charge >= 0.3 is 17.9 Å². The monoisotopic (exact) mass is 811 g/mol. The topological polar surface area (TPSA) is 204 Å². The minimum atomic E-state index is -2.23. The van der Waals surface area contributed by atoms with Crippen LogP contribution in [0.5, 0.6) is 0 Å². The number of nitrogens with one attached hydrogen (secondary N) is 1. The second kappa shape index (κ2) is 18.4. The lowest BCUT2D eigenvalue weighted by Crippen LogP contribution is -2.81. The molecule has 320 valence electrons. The van der Waals surface area contributed by atoms with E-state index in [1.54, 1.807) is 76.2 Å². The Morgan fingerprint density at radius 3 is 2.05 bits per heavy atom. The Morgan fingerprint density at radius 1 is 0.966 bits per heavy atom. The van der Waals surface area contributed by atoms with Gasteiger partial charge < -0.3 is 44.3 Å². The number of ether oxygens (including phenoxy) is 5. The summed E-state index contributed by atoms with van der Waals surface area (Å²) in [6.07, 6.45) is -8.97. The van der Waals surface area contributed by atoms with Gasteiger partial charge in [-0.15, -0.1) is 0 Å². The van der Waals surface area contributed by atoms with E-state index in [9.17, 15) is 39.3 Å². The lowest BCUT2D eigenvalue weighted by Gasteiger charge is -2.66. The standard InChI is InChI=1S/C42H55NO13.C2H6/c1-23(2)28(54-38(50)33(47)32(43-24(3)44)26-15-11-9-12-16-26)21-42(51)36(55-37(49)27-17-13-10-14-18-27)34-40(7,35(48)29(52-8)20-39(42,5)6)30(46)19-31-41(34,22-53-31)56-25(4)45;1-2/h9-18,23,28-34,36,46-47,51H,19-22H2,1-8H3,(H,43,44);1-2H3/t28-,29+,30-,31+,32-,33+,34-,36-,40+,41-,42+;/m0./s1. The number of ketones is 1. The Labute approximate surface area is 340 Å².